The van der Waals surface area contributed by atoms with Crippen molar-refractivity contribution in [3.05, 3.63) is 83.4 Å². The van der Waals surface area contributed by atoms with E-state index >= 15 is 0 Å². The van der Waals surface area contributed by atoms with Crippen molar-refractivity contribution < 1.29 is 0 Å². The van der Waals surface area contributed by atoms with E-state index in [0.29, 0.717) is 0 Å². The third-order valence-corrected chi connectivity index (χ3v) is 4.20. The lowest BCUT2D eigenvalue weighted by molar-refractivity contribution is 1.36. The second-order valence-corrected chi connectivity index (χ2v) is 6.74. The Labute approximate surface area is 128 Å². The molecule has 0 radical (unpaired) electrons. The van der Waals surface area contributed by atoms with Crippen LogP contribution in [0.15, 0.2) is 93.2 Å². The minimum absolute atomic E-state index is 0.953. The molecule has 0 bridgehead atoms. The van der Waals surface area contributed by atoms with Crippen LogP contribution < -0.4 is 0 Å². The highest BCUT2D eigenvalue weighted by atomic mass is 32.2. The lowest BCUT2D eigenvalue weighted by Gasteiger charge is -2.02. The maximum absolute atomic E-state index is 4.02. The molecule has 0 fully saturated rings. The molecular weight excluding hydrogens is 288 g/mol. The van der Waals surface area contributed by atoms with Gasteiger partial charge in [-0.2, -0.15) is 0 Å². The molecule has 0 nitrogen and oxygen atoms in total. The number of allylic oxidation sites excluding steroid dienone is 2. The standard InChI is InChI=1S/C16H16S3/c1-5-17-13(3)7-8-14(4)19-16-11-9-15(10-12-16)18-6-2/h5-12H,1-4H2/b8-7-. The van der Waals surface area contributed by atoms with Crippen LogP contribution in [0.4, 0.5) is 0 Å². The first-order valence-electron chi connectivity index (χ1n) is 5.54. The van der Waals surface area contributed by atoms with Crippen LogP contribution >= 0.6 is 35.3 Å². The Balaban J connectivity index is 2.54. The highest BCUT2D eigenvalue weighted by Gasteiger charge is 1.97. The SMILES string of the molecule is C=CSC(=C)/C=C\C(=C)Sc1ccc(SC=C)cc1. The zero-order chi connectivity index (χ0) is 14.1. The van der Waals surface area contributed by atoms with Crippen molar-refractivity contribution in [1.82, 2.24) is 0 Å². The van der Waals surface area contributed by atoms with E-state index < -0.39 is 0 Å². The maximum Gasteiger partial charge on any atom is 0.0122 e. The van der Waals surface area contributed by atoms with Crippen LogP contribution in [0.5, 0.6) is 0 Å². The fraction of sp³-hybridized carbons (Fsp3) is 0. The van der Waals surface area contributed by atoms with Crippen molar-refractivity contribution in [2.24, 2.45) is 0 Å². The summed E-state index contributed by atoms with van der Waals surface area (Å²) in [5, 5.41) is 3.59. The summed E-state index contributed by atoms with van der Waals surface area (Å²) in [6, 6.07) is 8.34. The zero-order valence-corrected chi connectivity index (χ0v) is 13.1. The summed E-state index contributed by atoms with van der Waals surface area (Å²) in [5.74, 6) is 0. The van der Waals surface area contributed by atoms with Crippen molar-refractivity contribution in [1.29, 1.82) is 0 Å². The molecule has 0 aliphatic carbocycles. The lowest BCUT2D eigenvalue weighted by atomic mass is 10.4. The van der Waals surface area contributed by atoms with Crippen LogP contribution in [0.2, 0.25) is 0 Å². The molecular formula is C16H16S3. The molecule has 0 saturated carbocycles. The Bertz CT molecular complexity index is 495. The molecule has 3 heteroatoms. The normalized spacial score (nSPS) is 10.3. The monoisotopic (exact) mass is 304 g/mol. The maximum atomic E-state index is 4.02. The van der Waals surface area contributed by atoms with Crippen LogP contribution in [0.3, 0.4) is 0 Å². The topological polar surface area (TPSA) is 0 Å². The molecule has 0 heterocycles. The van der Waals surface area contributed by atoms with Gasteiger partial charge in [-0.1, -0.05) is 61.6 Å². The molecule has 0 unspecified atom stereocenters. The molecule has 0 aromatic heterocycles. The van der Waals surface area contributed by atoms with Crippen LogP contribution in [-0.2, 0) is 0 Å². The smallest absolute Gasteiger partial charge is 0.0122 e. The van der Waals surface area contributed by atoms with Crippen LogP contribution in [0.25, 0.3) is 0 Å². The van der Waals surface area contributed by atoms with Crippen LogP contribution in [-0.4, -0.2) is 0 Å². The molecule has 0 spiro atoms. The molecule has 1 aromatic carbocycles. The number of rotatable bonds is 8. The second-order valence-electron chi connectivity index (χ2n) is 3.41. The minimum Gasteiger partial charge on any atom is -0.0993 e. The minimum atomic E-state index is 0.953. The summed E-state index contributed by atoms with van der Waals surface area (Å²) in [5.41, 5.74) is 0. The van der Waals surface area contributed by atoms with Crippen molar-refractivity contribution in [3.8, 4) is 0 Å². The molecule has 1 aromatic rings. The highest BCUT2D eigenvalue weighted by Crippen LogP contribution is 2.29. The van der Waals surface area contributed by atoms with Gasteiger partial charge in [0.05, 0.1) is 0 Å². The molecule has 1 rings (SSSR count). The van der Waals surface area contributed by atoms with Gasteiger partial charge in [0, 0.05) is 19.6 Å². The lowest BCUT2D eigenvalue weighted by Crippen LogP contribution is -1.74. The van der Waals surface area contributed by atoms with Gasteiger partial charge < -0.3 is 0 Å². The Morgan fingerprint density at radius 1 is 0.842 bits per heavy atom. The van der Waals surface area contributed by atoms with Crippen LogP contribution in [0.1, 0.15) is 0 Å². The third-order valence-electron chi connectivity index (χ3n) is 1.98. The summed E-state index contributed by atoms with van der Waals surface area (Å²) in [4.78, 5) is 4.30. The molecule has 0 amide bonds. The Morgan fingerprint density at radius 3 is 2.00 bits per heavy atom. The van der Waals surface area contributed by atoms with Gasteiger partial charge in [-0.25, -0.2) is 0 Å². The van der Waals surface area contributed by atoms with E-state index in [0.717, 1.165) is 9.81 Å². The Kier molecular flexibility index (Phi) is 7.56. The van der Waals surface area contributed by atoms with Gasteiger partial charge in [0.15, 0.2) is 0 Å². The van der Waals surface area contributed by atoms with E-state index in [1.54, 1.807) is 28.9 Å². The average Bonchev–Trinajstić information content (AvgIpc) is 2.39. The van der Waals surface area contributed by atoms with Gasteiger partial charge >= 0.3 is 0 Å². The first-order chi connectivity index (χ1) is 9.15. The molecule has 0 aliphatic heterocycles. The summed E-state index contributed by atoms with van der Waals surface area (Å²) in [6.45, 7) is 15.3. The van der Waals surface area contributed by atoms with Gasteiger partial charge in [-0.3, -0.25) is 0 Å². The predicted octanol–water partition coefficient (Wildman–Crippen LogP) is 6.47. The van der Waals surface area contributed by atoms with Gasteiger partial charge in [-0.05, 0) is 47.2 Å². The van der Waals surface area contributed by atoms with Gasteiger partial charge in [-0.15, -0.1) is 0 Å². The third kappa shape index (κ3) is 6.62. The molecule has 19 heavy (non-hydrogen) atoms. The highest BCUT2D eigenvalue weighted by molar-refractivity contribution is 8.06. The van der Waals surface area contributed by atoms with E-state index in [2.05, 4.69) is 50.6 Å². The fourth-order valence-corrected chi connectivity index (χ4v) is 2.76. The predicted molar refractivity (Wildman–Crippen MR) is 93.6 cm³/mol. The number of hydrogen-bond donors (Lipinski definition) is 0. The summed E-state index contributed by atoms with van der Waals surface area (Å²) in [7, 11) is 0. The fourth-order valence-electron chi connectivity index (χ4n) is 1.20. The Hall–Kier alpha value is -1.03. The summed E-state index contributed by atoms with van der Waals surface area (Å²) < 4.78 is 0. The van der Waals surface area contributed by atoms with Crippen molar-refractivity contribution >= 4 is 35.3 Å². The first-order valence-corrected chi connectivity index (χ1v) is 8.12. The second kappa shape index (κ2) is 8.97. The van der Waals surface area contributed by atoms with Gasteiger partial charge in [0.1, 0.15) is 0 Å². The van der Waals surface area contributed by atoms with Gasteiger partial charge in [0.2, 0.25) is 0 Å². The Morgan fingerprint density at radius 2 is 1.42 bits per heavy atom. The summed E-state index contributed by atoms with van der Waals surface area (Å²) in [6.07, 6.45) is 3.92. The summed E-state index contributed by atoms with van der Waals surface area (Å²) >= 11 is 4.76. The van der Waals surface area contributed by atoms with Crippen molar-refractivity contribution in [2.45, 2.75) is 9.79 Å². The molecule has 98 valence electrons. The molecule has 0 N–H and O–H groups in total. The van der Waals surface area contributed by atoms with E-state index in [4.69, 9.17) is 0 Å². The number of hydrogen-bond acceptors (Lipinski definition) is 3. The van der Waals surface area contributed by atoms with E-state index in [1.807, 2.05) is 17.6 Å². The average molecular weight is 305 g/mol. The van der Waals surface area contributed by atoms with Crippen molar-refractivity contribution in [2.75, 3.05) is 0 Å². The van der Waals surface area contributed by atoms with E-state index in [1.165, 1.54) is 21.6 Å². The van der Waals surface area contributed by atoms with E-state index in [9.17, 15) is 0 Å². The zero-order valence-electron chi connectivity index (χ0n) is 10.7. The number of thioether (sulfide) groups is 3. The largest absolute Gasteiger partial charge is 0.0993 e. The quantitative estimate of drug-likeness (QED) is 0.399. The first kappa shape index (κ1) is 16.0. The molecule has 0 atom stereocenters. The van der Waals surface area contributed by atoms with Crippen molar-refractivity contribution in [3.63, 3.8) is 0 Å². The van der Waals surface area contributed by atoms with Gasteiger partial charge in [0.25, 0.3) is 0 Å². The van der Waals surface area contributed by atoms with Crippen LogP contribution in [0, 0.1) is 0 Å². The molecule has 0 saturated heterocycles. The number of benzene rings is 1. The molecule has 0 aliphatic rings. The van der Waals surface area contributed by atoms with E-state index in [-0.39, 0.29) is 0 Å².